The van der Waals surface area contributed by atoms with E-state index in [0.717, 1.165) is 5.69 Å². The number of H-pyrrole nitrogens is 1. The van der Waals surface area contributed by atoms with Crippen molar-refractivity contribution in [3.05, 3.63) is 18.2 Å². The van der Waals surface area contributed by atoms with Gasteiger partial charge >= 0.3 is 5.97 Å². The van der Waals surface area contributed by atoms with Crippen molar-refractivity contribution in [2.75, 3.05) is 6.54 Å². The van der Waals surface area contributed by atoms with E-state index in [0.29, 0.717) is 19.5 Å². The molecule has 0 aromatic carbocycles. The second-order valence-corrected chi connectivity index (χ2v) is 4.59. The summed E-state index contributed by atoms with van der Waals surface area (Å²) in [5, 5.41) is 3.13. The van der Waals surface area contributed by atoms with Crippen LogP contribution in [0.2, 0.25) is 0 Å². The van der Waals surface area contributed by atoms with Gasteiger partial charge in [0, 0.05) is 25.0 Å². The highest BCUT2D eigenvalue weighted by Crippen LogP contribution is 2.07. The topological polar surface area (TPSA) is 67.0 Å². The maximum atomic E-state index is 11.3. The maximum Gasteiger partial charge on any atom is 0.307 e. The predicted molar refractivity (Wildman–Crippen MR) is 60.8 cm³/mol. The molecule has 0 unspecified atom stereocenters. The summed E-state index contributed by atoms with van der Waals surface area (Å²) >= 11 is 0. The number of rotatable bonds is 5. The second kappa shape index (κ2) is 5.65. The Labute approximate surface area is 95.6 Å². The van der Waals surface area contributed by atoms with Gasteiger partial charge in [-0.05, 0) is 20.8 Å². The summed E-state index contributed by atoms with van der Waals surface area (Å²) in [4.78, 5) is 18.2. The minimum Gasteiger partial charge on any atom is -0.460 e. The zero-order valence-electron chi connectivity index (χ0n) is 10.0. The Hall–Kier alpha value is -1.36. The van der Waals surface area contributed by atoms with Crippen molar-refractivity contribution in [3.8, 4) is 0 Å². The van der Waals surface area contributed by atoms with Gasteiger partial charge in [0.15, 0.2) is 0 Å². The lowest BCUT2D eigenvalue weighted by Gasteiger charge is -2.19. The lowest BCUT2D eigenvalue weighted by molar-refractivity contribution is -0.154. The first kappa shape index (κ1) is 12.7. The number of imidazole rings is 1. The number of ether oxygens (including phenoxy) is 1. The van der Waals surface area contributed by atoms with Crippen LogP contribution in [0.1, 0.15) is 32.9 Å². The number of nitrogens with one attached hydrogen (secondary N) is 2. The number of nitrogens with zero attached hydrogens (tertiary/aromatic N) is 1. The lowest BCUT2D eigenvalue weighted by atomic mass is 10.2. The summed E-state index contributed by atoms with van der Waals surface area (Å²) in [6.07, 6.45) is 3.76. The van der Waals surface area contributed by atoms with Crippen LogP contribution in [-0.4, -0.2) is 28.1 Å². The van der Waals surface area contributed by atoms with Crippen LogP contribution in [0.3, 0.4) is 0 Å². The highest BCUT2D eigenvalue weighted by Gasteiger charge is 2.15. The quantitative estimate of drug-likeness (QED) is 0.584. The number of hydrogen-bond donors (Lipinski definition) is 2. The molecule has 0 saturated heterocycles. The van der Waals surface area contributed by atoms with E-state index in [1.807, 2.05) is 20.8 Å². The van der Waals surface area contributed by atoms with Crippen LogP contribution in [-0.2, 0) is 16.1 Å². The molecule has 0 aliphatic heterocycles. The van der Waals surface area contributed by atoms with E-state index in [2.05, 4.69) is 15.3 Å². The summed E-state index contributed by atoms with van der Waals surface area (Å²) in [6, 6.07) is 0. The second-order valence-electron chi connectivity index (χ2n) is 4.59. The fourth-order valence-corrected chi connectivity index (χ4v) is 1.19. The Morgan fingerprint density at radius 2 is 2.31 bits per heavy atom. The van der Waals surface area contributed by atoms with E-state index in [-0.39, 0.29) is 5.97 Å². The van der Waals surface area contributed by atoms with Crippen molar-refractivity contribution in [1.82, 2.24) is 15.3 Å². The summed E-state index contributed by atoms with van der Waals surface area (Å²) in [5.74, 6) is -0.176. The zero-order valence-corrected chi connectivity index (χ0v) is 10.0. The van der Waals surface area contributed by atoms with Gasteiger partial charge in [0.1, 0.15) is 5.60 Å². The fourth-order valence-electron chi connectivity index (χ4n) is 1.19. The Balaban J connectivity index is 2.09. The molecule has 1 aromatic heterocycles. The highest BCUT2D eigenvalue weighted by atomic mass is 16.6. The van der Waals surface area contributed by atoms with Crippen LogP contribution >= 0.6 is 0 Å². The molecule has 0 fully saturated rings. The molecule has 0 aliphatic carbocycles. The van der Waals surface area contributed by atoms with E-state index in [1.54, 1.807) is 12.5 Å². The maximum absolute atomic E-state index is 11.3. The number of aromatic nitrogens is 2. The van der Waals surface area contributed by atoms with E-state index in [4.69, 9.17) is 4.74 Å². The van der Waals surface area contributed by atoms with Crippen LogP contribution in [0.25, 0.3) is 0 Å². The van der Waals surface area contributed by atoms with Gasteiger partial charge in [-0.25, -0.2) is 4.98 Å². The molecule has 0 spiro atoms. The standard InChI is InChI=1S/C11H19N3O2/c1-11(2,3)16-10(15)4-5-12-6-9-7-13-8-14-9/h7-8,12H,4-6H2,1-3H3,(H,13,14). The molecule has 1 heterocycles. The molecule has 2 N–H and O–H groups in total. The largest absolute Gasteiger partial charge is 0.460 e. The normalized spacial score (nSPS) is 11.4. The van der Waals surface area contributed by atoms with E-state index >= 15 is 0 Å². The van der Waals surface area contributed by atoms with Crippen molar-refractivity contribution in [2.45, 2.75) is 39.3 Å². The molecule has 1 aromatic rings. The molecule has 0 bridgehead atoms. The van der Waals surface area contributed by atoms with Crippen LogP contribution in [0.5, 0.6) is 0 Å². The van der Waals surface area contributed by atoms with Crippen molar-refractivity contribution in [1.29, 1.82) is 0 Å². The predicted octanol–water partition coefficient (Wildman–Crippen LogP) is 1.23. The highest BCUT2D eigenvalue weighted by molar-refractivity contribution is 5.70. The van der Waals surface area contributed by atoms with Gasteiger partial charge in [-0.15, -0.1) is 0 Å². The van der Waals surface area contributed by atoms with Crippen LogP contribution in [0.15, 0.2) is 12.5 Å². The molecule has 1 rings (SSSR count). The summed E-state index contributed by atoms with van der Waals surface area (Å²) in [5.41, 5.74) is 0.602. The minimum atomic E-state index is -0.402. The molecule has 5 nitrogen and oxygen atoms in total. The van der Waals surface area contributed by atoms with Crippen LogP contribution in [0.4, 0.5) is 0 Å². The van der Waals surface area contributed by atoms with Gasteiger partial charge in [-0.3, -0.25) is 4.79 Å². The molecule has 0 saturated carbocycles. The third-order valence-corrected chi connectivity index (χ3v) is 1.80. The molecule has 5 heteroatoms. The SMILES string of the molecule is CC(C)(C)OC(=O)CCNCc1cnc[nH]1. The van der Waals surface area contributed by atoms with Crippen LogP contribution in [0, 0.1) is 0 Å². The molecule has 16 heavy (non-hydrogen) atoms. The van der Waals surface area contributed by atoms with Crippen molar-refractivity contribution < 1.29 is 9.53 Å². The number of aromatic amines is 1. The van der Waals surface area contributed by atoms with Gasteiger partial charge in [0.25, 0.3) is 0 Å². The zero-order chi connectivity index (χ0) is 12.0. The monoisotopic (exact) mass is 225 g/mol. The fraction of sp³-hybridized carbons (Fsp3) is 0.636. The third-order valence-electron chi connectivity index (χ3n) is 1.80. The number of carbonyl (C=O) groups excluding carboxylic acids is 1. The van der Waals surface area contributed by atoms with E-state index in [9.17, 15) is 4.79 Å². The van der Waals surface area contributed by atoms with E-state index in [1.165, 1.54) is 0 Å². The average molecular weight is 225 g/mol. The molecule has 90 valence electrons. The van der Waals surface area contributed by atoms with Gasteiger partial charge in [-0.1, -0.05) is 0 Å². The molecular formula is C11H19N3O2. The molecule has 0 amide bonds. The Bertz CT molecular complexity index is 314. The van der Waals surface area contributed by atoms with Gasteiger partial charge < -0.3 is 15.0 Å². The number of hydrogen-bond acceptors (Lipinski definition) is 4. The van der Waals surface area contributed by atoms with Crippen LogP contribution < -0.4 is 5.32 Å². The molecule has 0 radical (unpaired) electrons. The number of carbonyl (C=O) groups is 1. The van der Waals surface area contributed by atoms with Gasteiger partial charge in [0.05, 0.1) is 12.7 Å². The first-order valence-electron chi connectivity index (χ1n) is 5.37. The third kappa shape index (κ3) is 5.50. The first-order chi connectivity index (χ1) is 7.47. The van der Waals surface area contributed by atoms with Gasteiger partial charge in [-0.2, -0.15) is 0 Å². The van der Waals surface area contributed by atoms with Crippen molar-refractivity contribution >= 4 is 5.97 Å². The lowest BCUT2D eigenvalue weighted by Crippen LogP contribution is -2.26. The molecule has 0 atom stereocenters. The summed E-state index contributed by atoms with van der Waals surface area (Å²) in [6.45, 7) is 6.88. The number of esters is 1. The molecule has 0 aliphatic rings. The smallest absolute Gasteiger partial charge is 0.307 e. The minimum absolute atomic E-state index is 0.176. The Kier molecular flexibility index (Phi) is 4.49. The van der Waals surface area contributed by atoms with Gasteiger partial charge in [0.2, 0.25) is 0 Å². The summed E-state index contributed by atoms with van der Waals surface area (Å²) < 4.78 is 5.18. The summed E-state index contributed by atoms with van der Waals surface area (Å²) in [7, 11) is 0. The average Bonchev–Trinajstić information content (AvgIpc) is 2.62. The molecular weight excluding hydrogens is 206 g/mol. The Morgan fingerprint density at radius 1 is 1.56 bits per heavy atom. The van der Waals surface area contributed by atoms with Crippen molar-refractivity contribution in [3.63, 3.8) is 0 Å². The Morgan fingerprint density at radius 3 is 2.88 bits per heavy atom. The first-order valence-corrected chi connectivity index (χ1v) is 5.37. The van der Waals surface area contributed by atoms with E-state index < -0.39 is 5.60 Å². The van der Waals surface area contributed by atoms with Crippen molar-refractivity contribution in [2.24, 2.45) is 0 Å².